The molecule has 0 amide bonds. The molecule has 9 heteroatoms. The number of benzene rings is 2. The molecule has 0 radical (unpaired) electrons. The summed E-state index contributed by atoms with van der Waals surface area (Å²) in [5.74, 6) is -3.54. The number of ether oxygens (including phenoxy) is 1. The van der Waals surface area contributed by atoms with Crippen LogP contribution in [0.25, 0.3) is 11.1 Å². The largest absolute Gasteiger partial charge is 0.479 e. The van der Waals surface area contributed by atoms with Crippen LogP contribution in [0.15, 0.2) is 54.6 Å². The second-order valence-corrected chi connectivity index (χ2v) is 8.43. The van der Waals surface area contributed by atoms with Gasteiger partial charge in [-0.15, -0.1) is 0 Å². The summed E-state index contributed by atoms with van der Waals surface area (Å²) in [5.41, 5.74) is 4.08. The first-order valence-electron chi connectivity index (χ1n) is 11.4. The van der Waals surface area contributed by atoms with Crippen LogP contribution in [-0.4, -0.2) is 87.9 Å². The van der Waals surface area contributed by atoms with Crippen molar-refractivity contribution in [3.8, 4) is 11.1 Å². The monoisotopic (exact) mass is 472 g/mol. The lowest BCUT2D eigenvalue weighted by Crippen LogP contribution is -2.44. The Bertz CT molecular complexity index is 894. The average Bonchev–Trinajstić information content (AvgIpc) is 3.57. The van der Waals surface area contributed by atoms with E-state index in [1.54, 1.807) is 0 Å². The van der Waals surface area contributed by atoms with Crippen molar-refractivity contribution >= 4 is 11.9 Å². The highest BCUT2D eigenvalue weighted by Gasteiger charge is 2.31. The molecule has 4 rings (SSSR count). The minimum absolute atomic E-state index is 0.554. The topological polar surface area (TPSA) is 140 Å². The highest BCUT2D eigenvalue weighted by molar-refractivity contribution is 5.83. The quantitative estimate of drug-likeness (QED) is 0.383. The van der Waals surface area contributed by atoms with E-state index in [4.69, 9.17) is 25.2 Å². The lowest BCUT2D eigenvalue weighted by Gasteiger charge is -2.34. The first-order chi connectivity index (χ1) is 16.4. The van der Waals surface area contributed by atoms with Crippen molar-refractivity contribution in [2.45, 2.75) is 43.7 Å². The molecule has 5 N–H and O–H groups in total. The van der Waals surface area contributed by atoms with Crippen LogP contribution in [0.4, 0.5) is 0 Å². The molecular formula is C25H32N2O7. The summed E-state index contributed by atoms with van der Waals surface area (Å²) < 4.78 is 5.69. The highest BCUT2D eigenvalue weighted by atomic mass is 16.5. The predicted octanol–water partition coefficient (Wildman–Crippen LogP) is 1.18. The Morgan fingerprint density at radius 2 is 1.59 bits per heavy atom. The number of hydrogen-bond donors (Lipinski definition) is 5. The standard InChI is InChI=1S/C21H26N2O.C4H6O6/c1-2-6-17(7-3-1)21-9-5-4-8-18(21)15-23(19-10-12-22-14-19)20-11-13-24-16-20;5-1(3(7)8)2(6)4(9)10/h1-9,19-20,22H,10-16H2;1-2,5-6H,(H,7,8)(H,9,10)/t19-,20-;/m0./s1. The van der Waals surface area contributed by atoms with Gasteiger partial charge in [-0.25, -0.2) is 9.59 Å². The van der Waals surface area contributed by atoms with E-state index < -0.39 is 24.1 Å². The van der Waals surface area contributed by atoms with E-state index in [-0.39, 0.29) is 0 Å². The molecule has 2 saturated heterocycles. The molecule has 0 aliphatic carbocycles. The van der Waals surface area contributed by atoms with Crippen LogP contribution in [0.1, 0.15) is 18.4 Å². The zero-order chi connectivity index (χ0) is 24.5. The second-order valence-electron chi connectivity index (χ2n) is 8.43. The van der Waals surface area contributed by atoms with Crippen LogP contribution >= 0.6 is 0 Å². The third kappa shape index (κ3) is 6.85. The SMILES string of the molecule is O=C(O)C(O)C(O)C(=O)O.c1ccc(-c2ccccc2CN([C@H]2CCNC2)[C@H]2CCOC2)cc1. The molecule has 2 unspecified atom stereocenters. The van der Waals surface area contributed by atoms with Gasteiger partial charge in [0, 0.05) is 31.8 Å². The van der Waals surface area contributed by atoms with Crippen LogP contribution in [0.3, 0.4) is 0 Å². The highest BCUT2D eigenvalue weighted by Crippen LogP contribution is 2.28. The van der Waals surface area contributed by atoms with Gasteiger partial charge in [0.2, 0.25) is 0 Å². The van der Waals surface area contributed by atoms with Crippen molar-refractivity contribution in [1.29, 1.82) is 0 Å². The van der Waals surface area contributed by atoms with Crippen LogP contribution in [-0.2, 0) is 20.9 Å². The summed E-state index contributed by atoms with van der Waals surface area (Å²) in [5, 5.41) is 36.1. The molecular weight excluding hydrogens is 440 g/mol. The summed E-state index contributed by atoms with van der Waals surface area (Å²) in [7, 11) is 0. The van der Waals surface area contributed by atoms with E-state index in [0.29, 0.717) is 12.1 Å². The number of aliphatic hydroxyl groups is 2. The van der Waals surface area contributed by atoms with E-state index in [0.717, 1.165) is 39.3 Å². The van der Waals surface area contributed by atoms with E-state index in [1.807, 2.05) is 0 Å². The number of rotatable bonds is 8. The molecule has 4 atom stereocenters. The maximum atomic E-state index is 9.77. The van der Waals surface area contributed by atoms with Gasteiger partial charge in [-0.1, -0.05) is 54.6 Å². The van der Waals surface area contributed by atoms with Crippen LogP contribution in [0.5, 0.6) is 0 Å². The van der Waals surface area contributed by atoms with Crippen LogP contribution in [0.2, 0.25) is 0 Å². The van der Waals surface area contributed by atoms with Crippen molar-refractivity contribution in [3.63, 3.8) is 0 Å². The van der Waals surface area contributed by atoms with E-state index in [2.05, 4.69) is 64.8 Å². The van der Waals surface area contributed by atoms with Crippen LogP contribution < -0.4 is 5.32 Å². The molecule has 184 valence electrons. The molecule has 2 aliphatic heterocycles. The summed E-state index contributed by atoms with van der Waals surface area (Å²) in [6, 6.07) is 20.8. The summed E-state index contributed by atoms with van der Waals surface area (Å²) in [6.45, 7) is 5.02. The normalized spacial score (nSPS) is 21.5. The molecule has 0 bridgehead atoms. The van der Waals surface area contributed by atoms with Gasteiger partial charge in [0.1, 0.15) is 0 Å². The Morgan fingerprint density at radius 1 is 0.941 bits per heavy atom. The van der Waals surface area contributed by atoms with E-state index in [1.165, 1.54) is 23.1 Å². The van der Waals surface area contributed by atoms with Crippen molar-refractivity contribution in [2.75, 3.05) is 26.3 Å². The number of carboxylic acids is 2. The number of aliphatic carboxylic acids is 2. The summed E-state index contributed by atoms with van der Waals surface area (Å²) in [4.78, 5) is 22.2. The van der Waals surface area contributed by atoms with Gasteiger partial charge in [-0.05, 0) is 36.1 Å². The smallest absolute Gasteiger partial charge is 0.335 e. The lowest BCUT2D eigenvalue weighted by atomic mass is 9.98. The number of aliphatic hydroxyl groups excluding tert-OH is 2. The molecule has 0 spiro atoms. The van der Waals surface area contributed by atoms with Gasteiger partial charge in [0.05, 0.1) is 6.61 Å². The third-order valence-corrected chi connectivity index (χ3v) is 6.14. The lowest BCUT2D eigenvalue weighted by molar-refractivity contribution is -0.165. The van der Waals surface area contributed by atoms with Crippen molar-refractivity contribution in [1.82, 2.24) is 10.2 Å². The number of carboxylic acid groups (broad SMARTS) is 2. The van der Waals surface area contributed by atoms with Gasteiger partial charge < -0.3 is 30.5 Å². The third-order valence-electron chi connectivity index (χ3n) is 6.14. The Kier molecular flexibility index (Phi) is 9.55. The van der Waals surface area contributed by atoms with Gasteiger partial charge in [-0.3, -0.25) is 4.90 Å². The zero-order valence-corrected chi connectivity index (χ0v) is 18.9. The first kappa shape index (κ1) is 25.8. The molecule has 0 saturated carbocycles. The van der Waals surface area contributed by atoms with Crippen molar-refractivity contribution < 1.29 is 34.8 Å². The average molecular weight is 473 g/mol. The summed E-state index contributed by atoms with van der Waals surface area (Å²) >= 11 is 0. The fourth-order valence-electron chi connectivity index (χ4n) is 4.29. The fourth-order valence-corrected chi connectivity index (χ4v) is 4.29. The van der Waals surface area contributed by atoms with E-state index >= 15 is 0 Å². The van der Waals surface area contributed by atoms with Crippen molar-refractivity contribution in [2.24, 2.45) is 0 Å². The molecule has 2 fully saturated rings. The second kappa shape index (κ2) is 12.6. The van der Waals surface area contributed by atoms with Gasteiger partial charge >= 0.3 is 11.9 Å². The number of nitrogens with one attached hydrogen (secondary N) is 1. The molecule has 34 heavy (non-hydrogen) atoms. The number of hydrogen-bond acceptors (Lipinski definition) is 7. The maximum Gasteiger partial charge on any atom is 0.335 e. The molecule has 0 aromatic heterocycles. The fraction of sp³-hybridized carbons (Fsp3) is 0.440. The Balaban J connectivity index is 0.000000277. The predicted molar refractivity (Wildman–Crippen MR) is 125 cm³/mol. The summed E-state index contributed by atoms with van der Waals surface area (Å²) in [6.07, 6.45) is -2.14. The van der Waals surface area contributed by atoms with Gasteiger partial charge in [0.25, 0.3) is 0 Å². The molecule has 2 aromatic rings. The Hall–Kier alpha value is -2.82. The molecule has 2 heterocycles. The minimum atomic E-state index is -2.27. The molecule has 2 aliphatic rings. The van der Waals surface area contributed by atoms with E-state index in [9.17, 15) is 9.59 Å². The molecule has 2 aromatic carbocycles. The van der Waals surface area contributed by atoms with Gasteiger partial charge in [0.15, 0.2) is 12.2 Å². The maximum absolute atomic E-state index is 9.77. The molecule has 9 nitrogen and oxygen atoms in total. The Labute approximate surface area is 198 Å². The first-order valence-corrected chi connectivity index (χ1v) is 11.4. The van der Waals surface area contributed by atoms with Gasteiger partial charge in [-0.2, -0.15) is 0 Å². The zero-order valence-electron chi connectivity index (χ0n) is 18.9. The van der Waals surface area contributed by atoms with Crippen molar-refractivity contribution in [3.05, 3.63) is 60.2 Å². The number of nitrogens with zero attached hydrogens (tertiary/aromatic N) is 1. The Morgan fingerprint density at radius 3 is 2.15 bits per heavy atom. The van der Waals surface area contributed by atoms with Crippen LogP contribution in [0, 0.1) is 0 Å². The minimum Gasteiger partial charge on any atom is -0.479 e. The number of carbonyl (C=O) groups is 2.